The van der Waals surface area contributed by atoms with Crippen LogP contribution in [0.2, 0.25) is 0 Å². The summed E-state index contributed by atoms with van der Waals surface area (Å²) in [6.07, 6.45) is 6.71. The number of nitrogens with zero attached hydrogens (tertiary/aromatic N) is 1. The minimum Gasteiger partial charge on any atom is -0.381 e. The molecule has 0 bridgehead atoms. The maximum absolute atomic E-state index is 12.5. The van der Waals surface area contributed by atoms with Crippen LogP contribution >= 0.6 is 0 Å². The van der Waals surface area contributed by atoms with Gasteiger partial charge in [-0.05, 0) is 44.2 Å². The van der Waals surface area contributed by atoms with Crippen LogP contribution in [-0.2, 0) is 20.7 Å². The number of carbonyl (C=O) groups is 1. The van der Waals surface area contributed by atoms with E-state index in [1.54, 1.807) is 6.20 Å². The molecule has 114 valence electrons. The minimum atomic E-state index is -0.0954. The van der Waals surface area contributed by atoms with E-state index >= 15 is 0 Å². The normalized spacial score (nSPS) is 24.9. The SMILES string of the molecule is O=C(CCc1ccccn1)C1CCOC2(CCOCC2)C1. The fourth-order valence-electron chi connectivity index (χ4n) is 3.40. The number of ether oxygens (including phenoxy) is 2. The number of pyridine rings is 1. The van der Waals surface area contributed by atoms with Gasteiger partial charge in [-0.15, -0.1) is 0 Å². The quantitative estimate of drug-likeness (QED) is 0.854. The van der Waals surface area contributed by atoms with Crippen molar-refractivity contribution in [2.75, 3.05) is 19.8 Å². The molecule has 0 N–H and O–H groups in total. The van der Waals surface area contributed by atoms with Crippen molar-refractivity contribution in [3.05, 3.63) is 30.1 Å². The first-order valence-corrected chi connectivity index (χ1v) is 7.92. The number of hydrogen-bond donors (Lipinski definition) is 0. The fraction of sp³-hybridized carbons (Fsp3) is 0.647. The molecule has 0 aromatic carbocycles. The number of rotatable bonds is 4. The summed E-state index contributed by atoms with van der Waals surface area (Å²) in [5.74, 6) is 0.524. The van der Waals surface area contributed by atoms with Crippen LogP contribution in [0, 0.1) is 5.92 Å². The van der Waals surface area contributed by atoms with E-state index in [1.165, 1.54) is 0 Å². The van der Waals surface area contributed by atoms with Crippen LogP contribution in [0.25, 0.3) is 0 Å². The summed E-state index contributed by atoms with van der Waals surface area (Å²) < 4.78 is 11.4. The van der Waals surface area contributed by atoms with Crippen molar-refractivity contribution in [1.29, 1.82) is 0 Å². The van der Waals surface area contributed by atoms with Gasteiger partial charge in [-0.1, -0.05) is 6.07 Å². The largest absolute Gasteiger partial charge is 0.381 e. The Balaban J connectivity index is 1.54. The third-order valence-corrected chi connectivity index (χ3v) is 4.71. The first kappa shape index (κ1) is 14.7. The first-order valence-electron chi connectivity index (χ1n) is 7.92. The second kappa shape index (κ2) is 6.67. The van der Waals surface area contributed by atoms with Gasteiger partial charge in [-0.3, -0.25) is 9.78 Å². The van der Waals surface area contributed by atoms with Crippen LogP contribution < -0.4 is 0 Å². The molecule has 0 aliphatic carbocycles. The summed E-state index contributed by atoms with van der Waals surface area (Å²) in [6, 6.07) is 5.86. The highest BCUT2D eigenvalue weighted by Gasteiger charge is 2.40. The molecule has 2 saturated heterocycles. The van der Waals surface area contributed by atoms with E-state index in [2.05, 4.69) is 4.98 Å². The number of aryl methyl sites for hydroxylation is 1. The molecule has 4 nitrogen and oxygen atoms in total. The van der Waals surface area contributed by atoms with Crippen LogP contribution in [0.5, 0.6) is 0 Å². The van der Waals surface area contributed by atoms with Gasteiger partial charge in [-0.2, -0.15) is 0 Å². The van der Waals surface area contributed by atoms with Crippen LogP contribution in [0.3, 0.4) is 0 Å². The van der Waals surface area contributed by atoms with E-state index in [0.717, 1.165) is 51.0 Å². The number of hydrogen-bond acceptors (Lipinski definition) is 4. The maximum Gasteiger partial charge on any atom is 0.136 e. The standard InChI is InChI=1S/C17H23NO3/c19-16(5-4-15-3-1-2-9-18-15)14-6-10-21-17(13-14)7-11-20-12-8-17/h1-3,9,14H,4-8,10-13H2. The zero-order valence-corrected chi connectivity index (χ0v) is 12.4. The van der Waals surface area contributed by atoms with Gasteiger partial charge in [0, 0.05) is 44.1 Å². The van der Waals surface area contributed by atoms with E-state index in [9.17, 15) is 4.79 Å². The molecular formula is C17H23NO3. The molecular weight excluding hydrogens is 266 g/mol. The summed E-state index contributed by atoms with van der Waals surface area (Å²) in [6.45, 7) is 2.23. The van der Waals surface area contributed by atoms with Crippen LogP contribution in [0.15, 0.2) is 24.4 Å². The third kappa shape index (κ3) is 3.69. The highest BCUT2D eigenvalue weighted by Crippen LogP contribution is 2.37. The number of carbonyl (C=O) groups excluding carboxylic acids is 1. The molecule has 3 heterocycles. The smallest absolute Gasteiger partial charge is 0.136 e. The van der Waals surface area contributed by atoms with Crippen molar-refractivity contribution in [2.24, 2.45) is 5.92 Å². The van der Waals surface area contributed by atoms with Crippen LogP contribution in [0.4, 0.5) is 0 Å². The predicted molar refractivity (Wildman–Crippen MR) is 79.0 cm³/mol. The van der Waals surface area contributed by atoms with Gasteiger partial charge in [0.05, 0.1) is 5.60 Å². The molecule has 2 aliphatic heterocycles. The van der Waals surface area contributed by atoms with Gasteiger partial charge in [0.25, 0.3) is 0 Å². The molecule has 0 radical (unpaired) electrons. The zero-order valence-electron chi connectivity index (χ0n) is 12.4. The lowest BCUT2D eigenvalue weighted by atomic mass is 9.78. The Labute approximate surface area is 125 Å². The van der Waals surface area contributed by atoms with Crippen molar-refractivity contribution in [3.63, 3.8) is 0 Å². The molecule has 1 unspecified atom stereocenters. The Morgan fingerprint density at radius 3 is 2.90 bits per heavy atom. The highest BCUT2D eigenvalue weighted by molar-refractivity contribution is 5.81. The van der Waals surface area contributed by atoms with Crippen molar-refractivity contribution >= 4 is 5.78 Å². The van der Waals surface area contributed by atoms with Crippen LogP contribution in [0.1, 0.15) is 37.8 Å². The fourth-order valence-corrected chi connectivity index (χ4v) is 3.40. The average Bonchev–Trinajstić information content (AvgIpc) is 2.54. The Morgan fingerprint density at radius 2 is 2.14 bits per heavy atom. The average molecular weight is 289 g/mol. The lowest BCUT2D eigenvalue weighted by Gasteiger charge is -2.42. The predicted octanol–water partition coefficient (Wildman–Crippen LogP) is 2.56. The highest BCUT2D eigenvalue weighted by atomic mass is 16.5. The summed E-state index contributed by atoms with van der Waals surface area (Å²) >= 11 is 0. The van der Waals surface area contributed by atoms with Gasteiger partial charge in [0.1, 0.15) is 5.78 Å². The van der Waals surface area contributed by atoms with Crippen LogP contribution in [-0.4, -0.2) is 36.2 Å². The first-order chi connectivity index (χ1) is 10.3. The molecule has 1 aromatic heterocycles. The van der Waals surface area contributed by atoms with E-state index in [-0.39, 0.29) is 11.5 Å². The summed E-state index contributed by atoms with van der Waals surface area (Å²) in [7, 11) is 0. The van der Waals surface area contributed by atoms with E-state index in [0.29, 0.717) is 18.8 Å². The Bertz CT molecular complexity index is 463. The molecule has 21 heavy (non-hydrogen) atoms. The van der Waals surface area contributed by atoms with Crippen molar-refractivity contribution in [1.82, 2.24) is 4.98 Å². The molecule has 1 atom stereocenters. The molecule has 4 heteroatoms. The second-order valence-corrected chi connectivity index (χ2v) is 6.12. The van der Waals surface area contributed by atoms with E-state index in [1.807, 2.05) is 18.2 Å². The molecule has 0 amide bonds. The van der Waals surface area contributed by atoms with E-state index < -0.39 is 0 Å². The van der Waals surface area contributed by atoms with Gasteiger partial charge in [0.15, 0.2) is 0 Å². The Kier molecular flexibility index (Phi) is 4.66. The topological polar surface area (TPSA) is 48.4 Å². The summed E-state index contributed by atoms with van der Waals surface area (Å²) in [4.78, 5) is 16.8. The van der Waals surface area contributed by atoms with Crippen molar-refractivity contribution < 1.29 is 14.3 Å². The lowest BCUT2D eigenvalue weighted by Crippen LogP contribution is -2.45. The van der Waals surface area contributed by atoms with Crippen molar-refractivity contribution in [2.45, 2.75) is 44.1 Å². The molecule has 0 saturated carbocycles. The van der Waals surface area contributed by atoms with Gasteiger partial charge < -0.3 is 9.47 Å². The second-order valence-electron chi connectivity index (χ2n) is 6.12. The van der Waals surface area contributed by atoms with Gasteiger partial charge in [0.2, 0.25) is 0 Å². The van der Waals surface area contributed by atoms with Gasteiger partial charge >= 0.3 is 0 Å². The van der Waals surface area contributed by atoms with E-state index in [4.69, 9.17) is 9.47 Å². The molecule has 2 fully saturated rings. The maximum atomic E-state index is 12.5. The monoisotopic (exact) mass is 289 g/mol. The molecule has 1 spiro atoms. The molecule has 2 aliphatic rings. The van der Waals surface area contributed by atoms with Gasteiger partial charge in [-0.25, -0.2) is 0 Å². The summed E-state index contributed by atoms with van der Waals surface area (Å²) in [5, 5.41) is 0. The van der Waals surface area contributed by atoms with Crippen molar-refractivity contribution in [3.8, 4) is 0 Å². The summed E-state index contributed by atoms with van der Waals surface area (Å²) in [5.41, 5.74) is 0.903. The number of aromatic nitrogens is 1. The lowest BCUT2D eigenvalue weighted by molar-refractivity contribution is -0.157. The number of Topliss-reactive ketones (excluding diaryl/α,β-unsaturated/α-hetero) is 1. The number of ketones is 1. The Hall–Kier alpha value is -1.26. The minimum absolute atomic E-state index is 0.0954. The Morgan fingerprint density at radius 1 is 1.29 bits per heavy atom. The molecule has 3 rings (SSSR count). The third-order valence-electron chi connectivity index (χ3n) is 4.71. The molecule has 1 aromatic rings. The zero-order chi connectivity index (χ0) is 14.5.